The Bertz CT molecular complexity index is 1530. The van der Waals surface area contributed by atoms with Crippen LogP contribution in [-0.4, -0.2) is 154 Å². The molecule has 0 heterocycles. The van der Waals surface area contributed by atoms with Gasteiger partial charge in [-0.05, 0) is 64.8 Å². The number of nitrogens with one attached hydrogen (secondary N) is 8. The van der Waals surface area contributed by atoms with Gasteiger partial charge < -0.3 is 74.4 Å². The maximum absolute atomic E-state index is 13.4. The van der Waals surface area contributed by atoms with E-state index in [9.17, 15) is 63.3 Å². The first-order chi connectivity index (χ1) is 28.4. The van der Waals surface area contributed by atoms with Gasteiger partial charge in [-0.3, -0.25) is 43.2 Å². The number of carboxylic acid groups (broad SMARTS) is 2. The molecule has 0 radical (unpaired) electrons. The smallest absolute Gasteiger partial charge is 0.326 e. The Balaban J connectivity index is 5.77. The molecular formula is C37H66N10O14. The Morgan fingerprint density at radius 1 is 0.607 bits per heavy atom. The van der Waals surface area contributed by atoms with E-state index >= 15 is 0 Å². The van der Waals surface area contributed by atoms with E-state index in [1.54, 1.807) is 27.7 Å². The second-order valence-electron chi connectivity index (χ2n) is 15.2. The van der Waals surface area contributed by atoms with Gasteiger partial charge in [-0.25, -0.2) is 4.79 Å². The van der Waals surface area contributed by atoms with Crippen molar-refractivity contribution in [2.75, 3.05) is 19.7 Å². The number of hydrogen-bond acceptors (Lipinski definition) is 14. The van der Waals surface area contributed by atoms with Gasteiger partial charge in [0.15, 0.2) is 0 Å². The Hall–Kier alpha value is -5.46. The molecule has 0 aliphatic rings. The molecule has 0 aromatic carbocycles. The minimum atomic E-state index is -1.79. The first-order valence-electron chi connectivity index (χ1n) is 20.0. The van der Waals surface area contributed by atoms with E-state index in [1.165, 1.54) is 20.8 Å². The van der Waals surface area contributed by atoms with Crippen LogP contribution in [0.2, 0.25) is 0 Å². The lowest BCUT2D eigenvalue weighted by Gasteiger charge is -2.28. The maximum atomic E-state index is 13.4. The maximum Gasteiger partial charge on any atom is 0.326 e. The number of hydrogen-bond donors (Lipinski definition) is 14. The summed E-state index contributed by atoms with van der Waals surface area (Å²) in [5, 5.41) is 57.3. The summed E-state index contributed by atoms with van der Waals surface area (Å²) < 4.78 is 0. The fourth-order valence-electron chi connectivity index (χ4n) is 5.41. The molecule has 0 aliphatic heterocycles. The van der Waals surface area contributed by atoms with Crippen molar-refractivity contribution in [1.29, 1.82) is 0 Å². The van der Waals surface area contributed by atoms with Gasteiger partial charge in [0.2, 0.25) is 47.3 Å². The van der Waals surface area contributed by atoms with Crippen LogP contribution >= 0.6 is 0 Å². The molecule has 348 valence electrons. The molecule has 61 heavy (non-hydrogen) atoms. The molecule has 0 spiro atoms. The first kappa shape index (κ1) is 55.5. The molecule has 10 atom stereocenters. The lowest BCUT2D eigenvalue weighted by molar-refractivity contribution is -0.147. The summed E-state index contributed by atoms with van der Waals surface area (Å²) in [7, 11) is 0. The molecule has 24 heteroatoms. The van der Waals surface area contributed by atoms with Gasteiger partial charge in [-0.2, -0.15) is 0 Å². The lowest BCUT2D eigenvalue weighted by atomic mass is 9.97. The molecule has 0 bridgehead atoms. The summed E-state index contributed by atoms with van der Waals surface area (Å²) in [5.41, 5.74) is 11.1. The van der Waals surface area contributed by atoms with Crippen LogP contribution in [0, 0.1) is 11.8 Å². The Morgan fingerprint density at radius 2 is 1.15 bits per heavy atom. The third kappa shape index (κ3) is 21.1. The van der Waals surface area contributed by atoms with E-state index in [0.29, 0.717) is 19.3 Å². The van der Waals surface area contributed by atoms with E-state index < -0.39 is 139 Å². The number of nitrogens with two attached hydrogens (primary N) is 2. The highest BCUT2D eigenvalue weighted by molar-refractivity contribution is 5.97. The van der Waals surface area contributed by atoms with Crippen molar-refractivity contribution in [3.8, 4) is 0 Å². The number of carbonyl (C=O) groups is 10. The zero-order chi connectivity index (χ0) is 47.1. The zero-order valence-electron chi connectivity index (χ0n) is 35.7. The molecule has 0 fully saturated rings. The van der Waals surface area contributed by atoms with E-state index in [4.69, 9.17) is 16.6 Å². The second-order valence-corrected chi connectivity index (χ2v) is 15.2. The molecule has 0 unspecified atom stereocenters. The van der Waals surface area contributed by atoms with Crippen LogP contribution in [-0.2, 0) is 47.9 Å². The van der Waals surface area contributed by atoms with Crippen molar-refractivity contribution in [2.45, 2.75) is 141 Å². The van der Waals surface area contributed by atoms with E-state index in [0.717, 1.165) is 0 Å². The molecule has 0 aromatic rings. The van der Waals surface area contributed by atoms with Crippen LogP contribution in [0.5, 0.6) is 0 Å². The highest BCUT2D eigenvalue weighted by atomic mass is 16.4. The van der Waals surface area contributed by atoms with Crippen LogP contribution in [0.3, 0.4) is 0 Å². The van der Waals surface area contributed by atoms with E-state index in [1.807, 2.05) is 0 Å². The van der Waals surface area contributed by atoms with Crippen LogP contribution in [0.25, 0.3) is 0 Å². The number of amides is 8. The van der Waals surface area contributed by atoms with Crippen molar-refractivity contribution in [3.63, 3.8) is 0 Å². The summed E-state index contributed by atoms with van der Waals surface area (Å²) in [6.07, 6.45) is -1.25. The van der Waals surface area contributed by atoms with Crippen molar-refractivity contribution in [1.82, 2.24) is 42.5 Å². The summed E-state index contributed by atoms with van der Waals surface area (Å²) in [6.45, 7) is 9.34. The number of carboxylic acids is 2. The molecule has 8 amide bonds. The van der Waals surface area contributed by atoms with E-state index in [-0.39, 0.29) is 25.3 Å². The van der Waals surface area contributed by atoms with E-state index in [2.05, 4.69) is 42.5 Å². The minimum absolute atomic E-state index is 0.00372. The average Bonchev–Trinajstić information content (AvgIpc) is 3.17. The highest BCUT2D eigenvalue weighted by Gasteiger charge is 2.34. The molecule has 16 N–H and O–H groups in total. The highest BCUT2D eigenvalue weighted by Crippen LogP contribution is 2.10. The Kier molecular flexibility index (Phi) is 25.6. The van der Waals surface area contributed by atoms with Gasteiger partial charge in [0.1, 0.15) is 42.3 Å². The second kappa shape index (κ2) is 28.1. The number of aliphatic carboxylic acids is 2. The van der Waals surface area contributed by atoms with Gasteiger partial charge in [0, 0.05) is 0 Å². The molecule has 0 saturated heterocycles. The van der Waals surface area contributed by atoms with Crippen molar-refractivity contribution in [3.05, 3.63) is 0 Å². The van der Waals surface area contributed by atoms with Gasteiger partial charge in [0.25, 0.3) is 0 Å². The molecule has 0 aliphatic carbocycles. The fourth-order valence-corrected chi connectivity index (χ4v) is 5.41. The number of rotatable bonds is 29. The van der Waals surface area contributed by atoms with Gasteiger partial charge >= 0.3 is 11.9 Å². The number of aliphatic hydroxyl groups excluding tert-OH is 2. The molecule has 0 saturated carbocycles. The predicted octanol–water partition coefficient (Wildman–Crippen LogP) is -4.98. The molecule has 0 aromatic heterocycles. The van der Waals surface area contributed by atoms with Crippen LogP contribution < -0.4 is 54.0 Å². The lowest BCUT2D eigenvalue weighted by Crippen LogP contribution is -2.61. The monoisotopic (exact) mass is 874 g/mol. The van der Waals surface area contributed by atoms with Gasteiger partial charge in [0.05, 0.1) is 31.7 Å². The fraction of sp³-hybridized carbons (Fsp3) is 0.730. The largest absolute Gasteiger partial charge is 0.481 e. The molecule has 24 nitrogen and oxygen atoms in total. The van der Waals surface area contributed by atoms with Crippen molar-refractivity contribution in [2.24, 2.45) is 23.3 Å². The number of carbonyl (C=O) groups excluding carboxylic acids is 8. The zero-order valence-corrected chi connectivity index (χ0v) is 35.7. The van der Waals surface area contributed by atoms with Crippen LogP contribution in [0.1, 0.15) is 87.0 Å². The minimum Gasteiger partial charge on any atom is -0.481 e. The SMILES string of the molecule is CC[C@H](C)[C@H](NC(=O)[C@H](C)N)C(=O)N[C@@H](CO)C(=O)N[C@@H](C)C(=O)N[C@H](C(=O)N[C@@H](CC(C)C)C(=O)NCC(=O)N[C@@H](CCCCN)C(=O)N[C@@H](CC(=O)O)C(=O)O)[C@@H](C)O. The third-order valence-electron chi connectivity index (χ3n) is 9.19. The Morgan fingerprint density at radius 3 is 1.64 bits per heavy atom. The quantitative estimate of drug-likeness (QED) is 0.0313. The summed E-state index contributed by atoms with van der Waals surface area (Å²) >= 11 is 0. The summed E-state index contributed by atoms with van der Waals surface area (Å²) in [5.74, 6) is -10.9. The number of unbranched alkanes of at least 4 members (excludes halogenated alkanes) is 1. The van der Waals surface area contributed by atoms with Crippen molar-refractivity contribution < 1.29 is 68.4 Å². The summed E-state index contributed by atoms with van der Waals surface area (Å²) in [4.78, 5) is 126. The first-order valence-corrected chi connectivity index (χ1v) is 20.0. The Labute approximate surface area is 354 Å². The molecule has 0 rings (SSSR count). The predicted molar refractivity (Wildman–Crippen MR) is 216 cm³/mol. The summed E-state index contributed by atoms with van der Waals surface area (Å²) in [6, 6.07) is -11.1. The number of aliphatic hydroxyl groups is 2. The van der Waals surface area contributed by atoms with Crippen LogP contribution in [0.15, 0.2) is 0 Å². The van der Waals surface area contributed by atoms with Gasteiger partial charge in [-0.15, -0.1) is 0 Å². The average molecular weight is 875 g/mol. The third-order valence-corrected chi connectivity index (χ3v) is 9.19. The van der Waals surface area contributed by atoms with Crippen LogP contribution in [0.4, 0.5) is 0 Å². The van der Waals surface area contributed by atoms with Crippen molar-refractivity contribution >= 4 is 59.2 Å². The standard InChI is InChI=1S/C37H66N10O14/c1-8-18(4)28(46-30(53)19(5)39)35(58)45-25(16-48)34(57)41-20(6)31(54)47-29(21(7)49)36(59)43-23(13-17(2)3)32(55)40-15-26(50)42-22(11-9-10-12-38)33(56)44-24(37(60)61)14-27(51)52/h17-25,28-29,48-49H,8-16,38-39H2,1-7H3,(H,40,55)(H,41,57)(H,42,50)(H,43,59)(H,44,56)(H,45,58)(H,46,53)(H,47,54)(H,51,52)(H,60,61)/t18-,19-,20-,21+,22-,23-,24-,25-,28-,29-/m0/s1. The molecular weight excluding hydrogens is 808 g/mol. The van der Waals surface area contributed by atoms with Gasteiger partial charge in [-0.1, -0.05) is 34.1 Å². The topological polar surface area (TPSA) is 400 Å². The normalized spacial score (nSPS) is 16.0.